The van der Waals surface area contributed by atoms with E-state index in [1.165, 1.54) is 17.7 Å². The second-order valence-electron chi connectivity index (χ2n) is 5.92. The van der Waals surface area contributed by atoms with Gasteiger partial charge in [-0.1, -0.05) is 42.5 Å². The molecular weight excluding hydrogens is 343 g/mol. The Morgan fingerprint density at radius 2 is 1.62 bits per heavy atom. The van der Waals surface area contributed by atoms with Gasteiger partial charge >= 0.3 is 6.18 Å². The van der Waals surface area contributed by atoms with Gasteiger partial charge in [0.15, 0.2) is 0 Å². The summed E-state index contributed by atoms with van der Waals surface area (Å²) in [5.41, 5.74) is 1.15. The van der Waals surface area contributed by atoms with Gasteiger partial charge in [0, 0.05) is 19.6 Å². The third-order valence-electron chi connectivity index (χ3n) is 3.84. The largest absolute Gasteiger partial charge is 0.416 e. The van der Waals surface area contributed by atoms with Gasteiger partial charge in [-0.3, -0.25) is 4.79 Å². The van der Waals surface area contributed by atoms with Gasteiger partial charge in [0.05, 0.1) is 12.2 Å². The summed E-state index contributed by atoms with van der Waals surface area (Å²) in [7, 11) is 0. The molecule has 0 aliphatic carbocycles. The number of nitrogens with one attached hydrogen (secondary N) is 1. The van der Waals surface area contributed by atoms with E-state index in [0.717, 1.165) is 18.6 Å². The van der Waals surface area contributed by atoms with Crippen molar-refractivity contribution < 1.29 is 22.7 Å². The highest BCUT2D eigenvalue weighted by atomic mass is 19.4. The van der Waals surface area contributed by atoms with Crippen LogP contribution in [0.25, 0.3) is 0 Å². The Balaban J connectivity index is 1.56. The van der Waals surface area contributed by atoms with E-state index < -0.39 is 11.7 Å². The third-order valence-corrected chi connectivity index (χ3v) is 3.84. The number of rotatable bonds is 9. The van der Waals surface area contributed by atoms with Crippen LogP contribution in [-0.4, -0.2) is 19.1 Å². The van der Waals surface area contributed by atoms with E-state index in [9.17, 15) is 18.0 Å². The van der Waals surface area contributed by atoms with Crippen molar-refractivity contribution in [1.29, 1.82) is 0 Å². The zero-order chi connectivity index (χ0) is 18.8. The zero-order valence-corrected chi connectivity index (χ0v) is 14.4. The maximum absolute atomic E-state index is 12.5. The number of amides is 1. The summed E-state index contributed by atoms with van der Waals surface area (Å²) < 4.78 is 42.9. The van der Waals surface area contributed by atoms with Gasteiger partial charge in [-0.25, -0.2) is 0 Å². The average Bonchev–Trinajstić information content (AvgIpc) is 2.63. The highest BCUT2D eigenvalue weighted by molar-refractivity contribution is 5.75. The molecule has 0 aliphatic rings. The molecule has 0 heterocycles. The molecule has 0 unspecified atom stereocenters. The minimum Gasteiger partial charge on any atom is -0.381 e. The first kappa shape index (κ1) is 20.0. The third kappa shape index (κ3) is 7.27. The van der Waals surface area contributed by atoms with Crippen molar-refractivity contribution in [2.45, 2.75) is 32.0 Å². The van der Waals surface area contributed by atoms with Crippen molar-refractivity contribution in [3.05, 3.63) is 71.3 Å². The molecule has 26 heavy (non-hydrogen) atoms. The molecule has 140 valence electrons. The summed E-state index contributed by atoms with van der Waals surface area (Å²) in [6.07, 6.45) is -2.58. The van der Waals surface area contributed by atoms with Gasteiger partial charge in [-0.15, -0.1) is 0 Å². The van der Waals surface area contributed by atoms with Crippen molar-refractivity contribution in [2.24, 2.45) is 0 Å². The Hall–Kier alpha value is -2.34. The van der Waals surface area contributed by atoms with Gasteiger partial charge in [-0.05, 0) is 36.1 Å². The topological polar surface area (TPSA) is 38.3 Å². The second kappa shape index (κ2) is 9.97. The molecule has 0 atom stereocenters. The predicted molar refractivity (Wildman–Crippen MR) is 93.5 cm³/mol. The summed E-state index contributed by atoms with van der Waals surface area (Å²) in [6, 6.07) is 14.8. The molecule has 0 bridgehead atoms. The molecule has 6 heteroatoms. The summed E-state index contributed by atoms with van der Waals surface area (Å²) in [4.78, 5) is 11.8. The van der Waals surface area contributed by atoms with E-state index in [4.69, 9.17) is 4.74 Å². The van der Waals surface area contributed by atoms with Gasteiger partial charge in [0.1, 0.15) is 0 Å². The minimum absolute atomic E-state index is 0.142. The number of alkyl halides is 3. The molecule has 0 radical (unpaired) electrons. The van der Waals surface area contributed by atoms with Gasteiger partial charge in [0.2, 0.25) is 5.91 Å². The molecule has 0 saturated heterocycles. The lowest BCUT2D eigenvalue weighted by Crippen LogP contribution is -2.22. The molecule has 2 rings (SSSR count). The van der Waals surface area contributed by atoms with Gasteiger partial charge < -0.3 is 10.1 Å². The van der Waals surface area contributed by atoms with Crippen LogP contribution >= 0.6 is 0 Å². The van der Waals surface area contributed by atoms with Crippen LogP contribution in [0.3, 0.4) is 0 Å². The fourth-order valence-corrected chi connectivity index (χ4v) is 2.37. The van der Waals surface area contributed by atoms with Gasteiger partial charge in [0.25, 0.3) is 0 Å². The monoisotopic (exact) mass is 365 g/mol. The molecule has 3 nitrogen and oxygen atoms in total. The number of carbonyl (C=O) groups excluding carboxylic acids is 1. The summed E-state index contributed by atoms with van der Waals surface area (Å²) in [5, 5.41) is 2.70. The molecule has 0 spiro atoms. The molecule has 2 aromatic rings. The van der Waals surface area contributed by atoms with Crippen LogP contribution in [0.15, 0.2) is 54.6 Å². The lowest BCUT2D eigenvalue weighted by Gasteiger charge is -2.09. The van der Waals surface area contributed by atoms with E-state index >= 15 is 0 Å². The van der Waals surface area contributed by atoms with Crippen LogP contribution in [0.4, 0.5) is 13.2 Å². The van der Waals surface area contributed by atoms with Crippen LogP contribution in [0, 0.1) is 0 Å². The molecule has 0 saturated carbocycles. The molecule has 0 aromatic heterocycles. The number of hydrogen-bond donors (Lipinski definition) is 1. The zero-order valence-electron chi connectivity index (χ0n) is 14.4. The standard InChI is InChI=1S/C20H22F3NO2/c21-20(22,23)18-10-8-17(9-11-18)15-24-19(25)7-4-13-26-14-12-16-5-2-1-3-6-16/h1-3,5-6,8-11H,4,7,12-15H2,(H,24,25). The van der Waals surface area contributed by atoms with Crippen LogP contribution in [0.1, 0.15) is 29.5 Å². The number of ether oxygens (including phenoxy) is 1. The van der Waals surface area contributed by atoms with E-state index in [0.29, 0.717) is 31.6 Å². The quantitative estimate of drug-likeness (QED) is 0.671. The van der Waals surface area contributed by atoms with E-state index in [1.54, 1.807) is 0 Å². The molecule has 0 aliphatic heterocycles. The normalized spacial score (nSPS) is 11.3. The fraction of sp³-hybridized carbons (Fsp3) is 0.350. The Kier molecular flexibility index (Phi) is 7.66. The van der Waals surface area contributed by atoms with Crippen molar-refractivity contribution >= 4 is 5.91 Å². The summed E-state index contributed by atoms with van der Waals surface area (Å²) in [5.74, 6) is -0.142. The van der Waals surface area contributed by atoms with Crippen LogP contribution in [0.5, 0.6) is 0 Å². The Bertz CT molecular complexity index is 670. The fourth-order valence-electron chi connectivity index (χ4n) is 2.37. The molecule has 1 amide bonds. The number of carbonyl (C=O) groups is 1. The predicted octanol–water partition coefficient (Wildman–Crippen LogP) is 4.36. The van der Waals surface area contributed by atoms with Crippen LogP contribution in [0.2, 0.25) is 0 Å². The summed E-state index contributed by atoms with van der Waals surface area (Å²) in [6.45, 7) is 1.32. The lowest BCUT2D eigenvalue weighted by molar-refractivity contribution is -0.137. The number of benzene rings is 2. The van der Waals surface area contributed by atoms with Gasteiger partial charge in [-0.2, -0.15) is 13.2 Å². The van der Waals surface area contributed by atoms with Crippen molar-refractivity contribution in [1.82, 2.24) is 5.32 Å². The summed E-state index contributed by atoms with van der Waals surface area (Å²) >= 11 is 0. The van der Waals surface area contributed by atoms with Crippen molar-refractivity contribution in [3.8, 4) is 0 Å². The molecule has 0 fully saturated rings. The highest BCUT2D eigenvalue weighted by Gasteiger charge is 2.29. The maximum Gasteiger partial charge on any atom is 0.416 e. The number of hydrogen-bond acceptors (Lipinski definition) is 2. The first-order chi connectivity index (χ1) is 12.4. The molecular formula is C20H22F3NO2. The average molecular weight is 365 g/mol. The minimum atomic E-state index is -4.34. The number of halogens is 3. The van der Waals surface area contributed by atoms with E-state index in [1.807, 2.05) is 30.3 Å². The van der Waals surface area contributed by atoms with Crippen LogP contribution in [-0.2, 0) is 28.7 Å². The van der Waals surface area contributed by atoms with Crippen molar-refractivity contribution in [2.75, 3.05) is 13.2 Å². The van der Waals surface area contributed by atoms with Crippen LogP contribution < -0.4 is 5.32 Å². The smallest absolute Gasteiger partial charge is 0.381 e. The SMILES string of the molecule is O=C(CCCOCCc1ccccc1)NCc1ccc(C(F)(F)F)cc1. The maximum atomic E-state index is 12.5. The molecule has 1 N–H and O–H groups in total. The lowest BCUT2D eigenvalue weighted by atomic mass is 10.1. The Morgan fingerprint density at radius 1 is 0.923 bits per heavy atom. The van der Waals surface area contributed by atoms with E-state index in [-0.39, 0.29) is 12.5 Å². The first-order valence-corrected chi connectivity index (χ1v) is 8.49. The first-order valence-electron chi connectivity index (χ1n) is 8.49. The van der Waals surface area contributed by atoms with Crippen molar-refractivity contribution in [3.63, 3.8) is 0 Å². The second-order valence-corrected chi connectivity index (χ2v) is 5.92. The van der Waals surface area contributed by atoms with E-state index in [2.05, 4.69) is 5.32 Å². The molecule has 2 aromatic carbocycles. The Morgan fingerprint density at radius 3 is 2.27 bits per heavy atom. The highest BCUT2D eigenvalue weighted by Crippen LogP contribution is 2.29. The Labute approximate surface area is 151 Å².